The van der Waals surface area contributed by atoms with Gasteiger partial charge in [0.25, 0.3) is 0 Å². The molecule has 8 aromatic carbocycles. The number of allylic oxidation sites excluding steroid dienone is 2. The van der Waals surface area contributed by atoms with Crippen LogP contribution in [-0.2, 0) is 27.3 Å². The van der Waals surface area contributed by atoms with Crippen molar-refractivity contribution in [3.63, 3.8) is 0 Å². The average Bonchev–Trinajstić information content (AvgIpc) is 3.81. The van der Waals surface area contributed by atoms with Crippen LogP contribution in [0.3, 0.4) is 0 Å². The molecule has 276 valence electrons. The predicted molar refractivity (Wildman–Crippen MR) is 248 cm³/mol. The van der Waals surface area contributed by atoms with Crippen LogP contribution in [0.25, 0.3) is 66.4 Å². The Morgan fingerprint density at radius 1 is 0.446 bits per heavy atom. The molecule has 2 aliphatic rings. The van der Waals surface area contributed by atoms with Crippen molar-refractivity contribution >= 4 is 73.3 Å². The van der Waals surface area contributed by atoms with E-state index in [1.165, 1.54) is 98.7 Å². The van der Waals surface area contributed by atoms with Crippen LogP contribution in [0.5, 0.6) is 0 Å². The van der Waals surface area contributed by atoms with Gasteiger partial charge < -0.3 is 0 Å². The Hall–Kier alpha value is -4.62. The summed E-state index contributed by atoms with van der Waals surface area (Å²) in [6.07, 6.45) is 7.20. The van der Waals surface area contributed by atoms with Gasteiger partial charge in [0, 0.05) is 0 Å². The Morgan fingerprint density at radius 2 is 0.821 bits per heavy atom. The van der Waals surface area contributed by atoms with Gasteiger partial charge >= 0.3 is 330 Å². The van der Waals surface area contributed by atoms with Gasteiger partial charge in [0.05, 0.1) is 0 Å². The second kappa shape index (κ2) is 11.3. The first-order valence-electron chi connectivity index (χ1n) is 20.8. The summed E-state index contributed by atoms with van der Waals surface area (Å²) in [7, 11) is 0. The third-order valence-corrected chi connectivity index (χ3v) is 37.0. The minimum atomic E-state index is -5.40. The molecule has 2 unspecified atom stereocenters. The summed E-state index contributed by atoms with van der Waals surface area (Å²) >= 11 is -5.40. The van der Waals surface area contributed by atoms with Gasteiger partial charge in [-0.1, -0.05) is 0 Å². The molecule has 0 nitrogen and oxygen atoms in total. The van der Waals surface area contributed by atoms with Crippen molar-refractivity contribution in [1.29, 1.82) is 0 Å². The number of aryl methyl sites for hydroxylation is 2. The summed E-state index contributed by atoms with van der Waals surface area (Å²) in [6, 6.07) is 56.1. The van der Waals surface area contributed by atoms with Crippen molar-refractivity contribution in [2.75, 3.05) is 0 Å². The van der Waals surface area contributed by atoms with Crippen LogP contribution < -0.4 is 0 Å². The molecule has 0 fully saturated rings. The first-order valence-corrected chi connectivity index (χ1v) is 39.4. The van der Waals surface area contributed by atoms with Crippen molar-refractivity contribution in [2.45, 2.75) is 52.5 Å². The normalized spacial score (nSPS) is 18.6. The summed E-state index contributed by atoms with van der Waals surface area (Å²) in [5.74, 6) is 0. The van der Waals surface area contributed by atoms with Gasteiger partial charge in [-0.25, -0.2) is 0 Å². The zero-order valence-electron chi connectivity index (χ0n) is 33.8. The number of hydrogen-bond donors (Lipinski definition) is 0. The minimum absolute atomic E-state index is 0.215. The van der Waals surface area contributed by atoms with E-state index in [1.807, 2.05) is 0 Å². The summed E-state index contributed by atoms with van der Waals surface area (Å²) in [4.78, 5) is 0. The summed E-state index contributed by atoms with van der Waals surface area (Å²) in [5, 5.41) is 10.7. The van der Waals surface area contributed by atoms with E-state index in [0.29, 0.717) is 0 Å². The van der Waals surface area contributed by atoms with Crippen molar-refractivity contribution in [2.24, 2.45) is 0 Å². The zero-order valence-corrected chi connectivity index (χ0v) is 37.7. The fraction of sp³-hybridized carbons (Fsp3) is 0.185. The van der Waals surface area contributed by atoms with Gasteiger partial charge in [-0.05, 0) is 0 Å². The van der Waals surface area contributed by atoms with Crippen LogP contribution in [0.2, 0.25) is 18.5 Å². The monoisotopic (exact) mass is 818 g/mol. The van der Waals surface area contributed by atoms with Crippen LogP contribution >= 0.6 is 0 Å². The average molecular weight is 820 g/mol. The molecule has 0 heterocycles. The Morgan fingerprint density at radius 3 is 1.25 bits per heavy atom. The third-order valence-electron chi connectivity index (χ3n) is 14.1. The second-order valence-electron chi connectivity index (χ2n) is 21.4. The van der Waals surface area contributed by atoms with E-state index in [-0.39, 0.29) is 7.25 Å². The molecule has 2 aliphatic carbocycles. The Kier molecular flexibility index (Phi) is 7.20. The maximum absolute atomic E-state index is 5.40. The fourth-order valence-electron chi connectivity index (χ4n) is 11.8. The SMILES string of the molecule is CCc1cc(C2=Cc3ccccc3[CH]2[Zr]([CH3])([CH3])([CH3])([CH3])(=[SiH2])[CH]2C(c3cc(CC)cc4ccc5ccccc5c34)=Cc3ccccc32)c2c(ccc3ccccc32)c1. The molecule has 0 amide bonds. The van der Waals surface area contributed by atoms with Gasteiger partial charge in [-0.3, -0.25) is 0 Å². The molecular formula is C54H52SiZr. The van der Waals surface area contributed by atoms with Gasteiger partial charge in [-0.15, -0.1) is 0 Å². The maximum atomic E-state index is 2.82. The van der Waals surface area contributed by atoms with Gasteiger partial charge in [0.15, 0.2) is 0 Å². The molecule has 8 aromatic rings. The molecule has 0 aromatic heterocycles. The van der Waals surface area contributed by atoms with Gasteiger partial charge in [0.2, 0.25) is 0 Å². The molecule has 2 heteroatoms. The van der Waals surface area contributed by atoms with E-state index < -0.39 is 14.4 Å². The molecule has 0 saturated heterocycles. The second-order valence-corrected chi connectivity index (χ2v) is 81.7. The van der Waals surface area contributed by atoms with Gasteiger partial charge in [0.1, 0.15) is 0 Å². The number of fused-ring (bicyclic) bond motifs is 8. The molecule has 0 bridgehead atoms. The van der Waals surface area contributed by atoms with E-state index >= 15 is 0 Å². The van der Waals surface area contributed by atoms with Crippen LogP contribution in [0.15, 0.2) is 146 Å². The van der Waals surface area contributed by atoms with Crippen molar-refractivity contribution in [3.05, 3.63) is 190 Å². The van der Waals surface area contributed by atoms with Crippen LogP contribution in [0.4, 0.5) is 0 Å². The van der Waals surface area contributed by atoms with E-state index in [2.05, 4.69) is 197 Å². The number of hydrogen-bond acceptors (Lipinski definition) is 0. The van der Waals surface area contributed by atoms with E-state index in [4.69, 9.17) is 0 Å². The third kappa shape index (κ3) is 5.18. The number of benzene rings is 8. The fourth-order valence-corrected chi connectivity index (χ4v) is 36.5. The van der Waals surface area contributed by atoms with Crippen LogP contribution in [0, 0.1) is 0 Å². The van der Waals surface area contributed by atoms with Crippen LogP contribution in [-0.4, -0.2) is 6.88 Å². The van der Waals surface area contributed by atoms with Gasteiger partial charge in [-0.2, -0.15) is 0 Å². The topological polar surface area (TPSA) is 0 Å². The van der Waals surface area contributed by atoms with Crippen LogP contribution in [0.1, 0.15) is 65.6 Å². The van der Waals surface area contributed by atoms with E-state index in [0.717, 1.165) is 12.8 Å². The summed E-state index contributed by atoms with van der Waals surface area (Å²) in [6.45, 7) is 7.07. The standard InChI is InChI=1S/2C25H19.4CH3.H2Si.Zr/c2*1-2-17-13-21-12-11-18-7-5-6-10-23(18)25(21)24(14-17)22-15-19-8-3-4-9-20(19)16-22;;;;;;/h2*3-16H,2H2,1H3;4*1H3;1H2;. The van der Waals surface area contributed by atoms with E-state index in [1.54, 1.807) is 0 Å². The van der Waals surface area contributed by atoms with Crippen molar-refractivity contribution in [3.8, 4) is 0 Å². The molecule has 0 saturated carbocycles. The van der Waals surface area contributed by atoms with E-state index in [9.17, 15) is 0 Å². The molecular weight excluding hydrogens is 768 g/mol. The molecule has 0 aliphatic heterocycles. The zero-order chi connectivity index (χ0) is 38.7. The molecule has 0 radical (unpaired) electrons. The number of rotatable bonds is 6. The molecule has 0 spiro atoms. The van der Waals surface area contributed by atoms with Crippen molar-refractivity contribution in [1.82, 2.24) is 0 Å². The van der Waals surface area contributed by atoms with Crippen molar-refractivity contribution < 1.29 is 14.4 Å². The quantitative estimate of drug-likeness (QED) is 0.116. The molecule has 0 N–H and O–H groups in total. The first-order chi connectivity index (χ1) is 26.7. The summed E-state index contributed by atoms with van der Waals surface area (Å²) in [5.41, 5.74) is 14.3. The predicted octanol–water partition coefficient (Wildman–Crippen LogP) is 14.8. The first kappa shape index (κ1) is 35.8. The molecule has 56 heavy (non-hydrogen) atoms. The Bertz CT molecular complexity index is 3000. The Balaban J connectivity index is 1.32. The molecule has 2 atom stereocenters. The molecule has 10 rings (SSSR count). The Labute approximate surface area is 327 Å². The summed E-state index contributed by atoms with van der Waals surface area (Å²) < 4.78 is 11.7.